The van der Waals surface area contributed by atoms with Crippen molar-refractivity contribution < 1.29 is 4.57 Å². The van der Waals surface area contributed by atoms with Crippen molar-refractivity contribution in [3.8, 4) is 0 Å². The van der Waals surface area contributed by atoms with E-state index in [0.717, 1.165) is 6.42 Å². The molecule has 0 fully saturated rings. The van der Waals surface area contributed by atoms with E-state index in [4.69, 9.17) is 0 Å². The first kappa shape index (κ1) is 11.1. The van der Waals surface area contributed by atoms with E-state index >= 15 is 0 Å². The second-order valence-corrected chi connectivity index (χ2v) is 5.24. The Morgan fingerprint density at radius 3 is 2.38 bits per heavy atom. The van der Waals surface area contributed by atoms with E-state index in [1.807, 2.05) is 0 Å². The maximum atomic E-state index is 2.38. The molecule has 0 aliphatic carbocycles. The normalized spacial score (nSPS) is 12.0. The summed E-state index contributed by atoms with van der Waals surface area (Å²) < 4.78 is 2.38. The fourth-order valence-corrected chi connectivity index (χ4v) is 2.27. The van der Waals surface area contributed by atoms with E-state index in [-0.39, 0.29) is 5.54 Å². The van der Waals surface area contributed by atoms with Crippen LogP contribution in [0.3, 0.4) is 0 Å². The molecule has 0 saturated heterocycles. The highest BCUT2D eigenvalue weighted by molar-refractivity contribution is 5.83. The molecular formula is C15H20N+. The molecule has 0 bridgehead atoms. The summed E-state index contributed by atoms with van der Waals surface area (Å²) in [6, 6.07) is 10.8. The van der Waals surface area contributed by atoms with Gasteiger partial charge in [-0.2, -0.15) is 4.57 Å². The maximum Gasteiger partial charge on any atom is 0.189 e. The largest absolute Gasteiger partial charge is 0.197 e. The highest BCUT2D eigenvalue weighted by atomic mass is 15.0. The molecule has 2 aromatic rings. The van der Waals surface area contributed by atoms with Crippen molar-refractivity contribution in [1.29, 1.82) is 0 Å². The molecule has 1 aromatic carbocycles. The van der Waals surface area contributed by atoms with Gasteiger partial charge in [-0.05, 0) is 11.5 Å². The fourth-order valence-electron chi connectivity index (χ4n) is 2.27. The average Bonchev–Trinajstić information content (AvgIpc) is 2.26. The Morgan fingerprint density at radius 2 is 1.75 bits per heavy atom. The van der Waals surface area contributed by atoms with Gasteiger partial charge in [0.15, 0.2) is 17.4 Å². The van der Waals surface area contributed by atoms with Crippen LogP contribution in [-0.4, -0.2) is 0 Å². The van der Waals surface area contributed by atoms with Gasteiger partial charge in [0, 0.05) is 38.6 Å². The van der Waals surface area contributed by atoms with E-state index in [0.29, 0.717) is 0 Å². The van der Waals surface area contributed by atoms with Gasteiger partial charge in [0.2, 0.25) is 0 Å². The lowest BCUT2D eigenvalue weighted by molar-refractivity contribution is -0.759. The topological polar surface area (TPSA) is 3.88 Å². The van der Waals surface area contributed by atoms with Gasteiger partial charge < -0.3 is 0 Å². The second kappa shape index (κ2) is 3.89. The molecule has 0 amide bonds. The van der Waals surface area contributed by atoms with Crippen molar-refractivity contribution in [3.63, 3.8) is 0 Å². The van der Waals surface area contributed by atoms with Crippen molar-refractivity contribution in [1.82, 2.24) is 0 Å². The van der Waals surface area contributed by atoms with Crippen LogP contribution in [0, 0.1) is 0 Å². The van der Waals surface area contributed by atoms with Crippen LogP contribution in [-0.2, 0) is 12.0 Å². The van der Waals surface area contributed by atoms with Crippen LogP contribution in [0.1, 0.15) is 33.4 Å². The van der Waals surface area contributed by atoms with Gasteiger partial charge >= 0.3 is 0 Å². The van der Waals surface area contributed by atoms with Crippen molar-refractivity contribution in [2.45, 2.75) is 39.7 Å². The number of benzene rings is 1. The van der Waals surface area contributed by atoms with Crippen molar-refractivity contribution in [2.24, 2.45) is 0 Å². The van der Waals surface area contributed by atoms with Crippen LogP contribution in [0.4, 0.5) is 0 Å². The van der Waals surface area contributed by atoms with Crippen LogP contribution in [0.2, 0.25) is 0 Å². The first-order valence-corrected chi connectivity index (χ1v) is 5.97. The van der Waals surface area contributed by atoms with Crippen molar-refractivity contribution >= 4 is 10.8 Å². The summed E-state index contributed by atoms with van der Waals surface area (Å²) in [4.78, 5) is 0. The van der Waals surface area contributed by atoms with E-state index in [2.05, 4.69) is 68.8 Å². The molecule has 0 atom stereocenters. The summed E-state index contributed by atoms with van der Waals surface area (Å²) in [5.41, 5.74) is 1.57. The minimum Gasteiger partial charge on any atom is -0.197 e. The summed E-state index contributed by atoms with van der Waals surface area (Å²) in [5, 5.41) is 2.71. The van der Waals surface area contributed by atoms with Gasteiger partial charge in [0.25, 0.3) is 0 Å². The molecule has 0 spiro atoms. The number of fused-ring (bicyclic) bond motifs is 1. The Hall–Kier alpha value is -1.37. The molecule has 16 heavy (non-hydrogen) atoms. The zero-order valence-corrected chi connectivity index (χ0v) is 10.6. The Kier molecular flexibility index (Phi) is 2.71. The van der Waals surface area contributed by atoms with E-state index in [1.165, 1.54) is 16.5 Å². The summed E-state index contributed by atoms with van der Waals surface area (Å²) in [5.74, 6) is 0. The highest BCUT2D eigenvalue weighted by Gasteiger charge is 2.25. The van der Waals surface area contributed by atoms with Gasteiger partial charge in [-0.1, -0.05) is 25.1 Å². The molecule has 0 aliphatic rings. The Labute approximate surface area is 97.7 Å². The molecule has 0 radical (unpaired) electrons. The molecule has 2 rings (SSSR count). The summed E-state index contributed by atoms with van der Waals surface area (Å²) >= 11 is 0. The molecule has 0 N–H and O–H groups in total. The van der Waals surface area contributed by atoms with Gasteiger partial charge in [-0.15, -0.1) is 0 Å². The molecule has 1 heterocycles. The van der Waals surface area contributed by atoms with Crippen molar-refractivity contribution in [3.05, 3.63) is 42.2 Å². The summed E-state index contributed by atoms with van der Waals surface area (Å²) in [7, 11) is 0. The molecular weight excluding hydrogens is 194 g/mol. The van der Waals surface area contributed by atoms with Crippen LogP contribution >= 0.6 is 0 Å². The molecule has 84 valence electrons. The minimum absolute atomic E-state index is 0.148. The van der Waals surface area contributed by atoms with Crippen molar-refractivity contribution in [2.75, 3.05) is 0 Å². The van der Waals surface area contributed by atoms with E-state index < -0.39 is 0 Å². The number of hydrogen-bond acceptors (Lipinski definition) is 0. The van der Waals surface area contributed by atoms with Gasteiger partial charge in [0.1, 0.15) is 0 Å². The lowest BCUT2D eigenvalue weighted by atomic mass is 10.0. The third-order valence-corrected chi connectivity index (χ3v) is 3.02. The smallest absolute Gasteiger partial charge is 0.189 e. The van der Waals surface area contributed by atoms with E-state index in [1.54, 1.807) is 0 Å². The predicted molar refractivity (Wildman–Crippen MR) is 68.5 cm³/mol. The molecule has 0 saturated carbocycles. The fraction of sp³-hybridized carbons (Fsp3) is 0.400. The van der Waals surface area contributed by atoms with Crippen LogP contribution in [0.5, 0.6) is 0 Å². The lowest BCUT2D eigenvalue weighted by Crippen LogP contribution is -2.52. The highest BCUT2D eigenvalue weighted by Crippen LogP contribution is 2.18. The quantitative estimate of drug-likeness (QED) is 0.640. The first-order valence-electron chi connectivity index (χ1n) is 5.97. The third kappa shape index (κ3) is 1.82. The monoisotopic (exact) mass is 214 g/mol. The second-order valence-electron chi connectivity index (χ2n) is 5.24. The van der Waals surface area contributed by atoms with Gasteiger partial charge in [-0.25, -0.2) is 0 Å². The number of rotatable bonds is 1. The van der Waals surface area contributed by atoms with Gasteiger partial charge in [-0.3, -0.25) is 0 Å². The number of aromatic nitrogens is 1. The average molecular weight is 214 g/mol. The predicted octanol–water partition coefficient (Wildman–Crippen LogP) is 3.44. The Balaban J connectivity index is 2.78. The molecule has 0 aliphatic heterocycles. The van der Waals surface area contributed by atoms with E-state index in [9.17, 15) is 0 Å². The number of hydrogen-bond donors (Lipinski definition) is 0. The number of nitrogens with zero attached hydrogens (tertiary/aromatic N) is 1. The lowest BCUT2D eigenvalue weighted by Gasteiger charge is -2.17. The summed E-state index contributed by atoms with van der Waals surface area (Å²) in [6.07, 6.45) is 3.28. The molecule has 0 unspecified atom stereocenters. The third-order valence-electron chi connectivity index (χ3n) is 3.02. The number of aryl methyl sites for hydroxylation is 1. The minimum atomic E-state index is 0.148. The molecule has 1 nitrogen and oxygen atoms in total. The maximum absolute atomic E-state index is 2.38. The zero-order chi connectivity index (χ0) is 11.8. The van der Waals surface area contributed by atoms with Crippen LogP contribution in [0.25, 0.3) is 10.8 Å². The van der Waals surface area contributed by atoms with Crippen LogP contribution in [0.15, 0.2) is 36.5 Å². The Morgan fingerprint density at radius 1 is 1.06 bits per heavy atom. The summed E-state index contributed by atoms with van der Waals surface area (Å²) in [6.45, 7) is 8.98. The zero-order valence-electron chi connectivity index (χ0n) is 10.6. The molecule has 1 heteroatoms. The SMILES string of the molecule is CCc1c2ccccc2cc[n+]1C(C)(C)C. The first-order chi connectivity index (χ1) is 7.54. The number of pyridine rings is 1. The molecule has 1 aromatic heterocycles. The van der Waals surface area contributed by atoms with Crippen LogP contribution < -0.4 is 4.57 Å². The standard InChI is InChI=1S/C15H20N/c1-5-14-13-9-7-6-8-12(13)10-11-16(14)15(2,3)4/h6-11H,5H2,1-4H3/q+1. The Bertz CT molecular complexity index is 506. The van der Waals surface area contributed by atoms with Gasteiger partial charge in [0.05, 0.1) is 0 Å².